The standard InChI is InChI=1S/C14H25NO4/c1-9-5-6-10(19-9)7-8-11(16)15-12(13(17)18)14(2,3)4/h9-10,12H,5-8H2,1-4H3,(H,15,16)(H,17,18)/t9-,10+,12-/m1/s1. The van der Waals surface area contributed by atoms with Crippen LogP contribution in [0.15, 0.2) is 0 Å². The Balaban J connectivity index is 2.39. The van der Waals surface area contributed by atoms with Crippen molar-refractivity contribution in [2.75, 3.05) is 0 Å². The van der Waals surface area contributed by atoms with Gasteiger partial charge in [-0.15, -0.1) is 0 Å². The van der Waals surface area contributed by atoms with Crippen LogP contribution in [0.25, 0.3) is 0 Å². The Kier molecular flexibility index (Phi) is 5.35. The predicted molar refractivity (Wildman–Crippen MR) is 71.8 cm³/mol. The molecule has 5 nitrogen and oxygen atoms in total. The van der Waals surface area contributed by atoms with Gasteiger partial charge in [0, 0.05) is 6.42 Å². The summed E-state index contributed by atoms with van der Waals surface area (Å²) in [6, 6.07) is -0.858. The second-order valence-corrected chi connectivity index (χ2v) is 6.39. The van der Waals surface area contributed by atoms with Crippen molar-refractivity contribution >= 4 is 11.9 Å². The Morgan fingerprint density at radius 1 is 1.37 bits per heavy atom. The van der Waals surface area contributed by atoms with E-state index in [0.717, 1.165) is 12.8 Å². The van der Waals surface area contributed by atoms with Gasteiger partial charge >= 0.3 is 5.97 Å². The summed E-state index contributed by atoms with van der Waals surface area (Å²) >= 11 is 0. The van der Waals surface area contributed by atoms with Gasteiger partial charge in [0.2, 0.25) is 5.91 Å². The number of carbonyl (C=O) groups excluding carboxylic acids is 1. The van der Waals surface area contributed by atoms with Gasteiger partial charge in [0.1, 0.15) is 6.04 Å². The summed E-state index contributed by atoms with van der Waals surface area (Å²) in [6.45, 7) is 7.43. The molecule has 0 bridgehead atoms. The molecular formula is C14H25NO4. The Labute approximate surface area is 114 Å². The van der Waals surface area contributed by atoms with E-state index in [1.807, 2.05) is 6.92 Å². The summed E-state index contributed by atoms with van der Waals surface area (Å²) in [7, 11) is 0. The van der Waals surface area contributed by atoms with Gasteiger partial charge in [0.25, 0.3) is 0 Å². The SMILES string of the molecule is C[C@@H]1CC[C@@H](CCC(=O)N[C@H](C(=O)O)C(C)(C)C)O1. The van der Waals surface area contributed by atoms with Gasteiger partial charge in [0.05, 0.1) is 12.2 Å². The molecule has 0 radical (unpaired) electrons. The van der Waals surface area contributed by atoms with Crippen molar-refractivity contribution < 1.29 is 19.4 Å². The van der Waals surface area contributed by atoms with E-state index in [1.54, 1.807) is 20.8 Å². The maximum Gasteiger partial charge on any atom is 0.326 e. The molecule has 19 heavy (non-hydrogen) atoms. The number of ether oxygens (including phenoxy) is 1. The zero-order valence-corrected chi connectivity index (χ0v) is 12.2. The van der Waals surface area contributed by atoms with Crippen LogP contribution in [-0.2, 0) is 14.3 Å². The van der Waals surface area contributed by atoms with Crippen molar-refractivity contribution in [2.45, 2.75) is 71.6 Å². The normalized spacial score (nSPS) is 25.1. The zero-order valence-electron chi connectivity index (χ0n) is 12.2. The number of carbonyl (C=O) groups is 2. The van der Waals surface area contributed by atoms with E-state index in [0.29, 0.717) is 12.8 Å². The molecule has 0 aromatic heterocycles. The summed E-state index contributed by atoms with van der Waals surface area (Å²) in [6.07, 6.45) is 3.40. The lowest BCUT2D eigenvalue weighted by Crippen LogP contribution is -2.49. The maximum atomic E-state index is 11.8. The van der Waals surface area contributed by atoms with E-state index in [-0.39, 0.29) is 18.1 Å². The largest absolute Gasteiger partial charge is 0.480 e. The Hall–Kier alpha value is -1.10. The van der Waals surface area contributed by atoms with E-state index < -0.39 is 17.4 Å². The minimum Gasteiger partial charge on any atom is -0.480 e. The molecule has 1 aliphatic heterocycles. The molecule has 2 N–H and O–H groups in total. The van der Waals surface area contributed by atoms with Crippen LogP contribution in [0.3, 0.4) is 0 Å². The van der Waals surface area contributed by atoms with Crippen LogP contribution < -0.4 is 5.32 Å². The fourth-order valence-electron chi connectivity index (χ4n) is 2.27. The van der Waals surface area contributed by atoms with E-state index in [4.69, 9.17) is 9.84 Å². The summed E-state index contributed by atoms with van der Waals surface area (Å²) in [5.74, 6) is -1.21. The molecule has 1 amide bonds. The molecule has 0 unspecified atom stereocenters. The third kappa shape index (κ3) is 5.19. The van der Waals surface area contributed by atoms with Gasteiger partial charge in [-0.3, -0.25) is 4.79 Å². The van der Waals surface area contributed by atoms with E-state index >= 15 is 0 Å². The van der Waals surface area contributed by atoms with Crippen LogP contribution in [-0.4, -0.2) is 35.2 Å². The highest BCUT2D eigenvalue weighted by Crippen LogP contribution is 2.23. The van der Waals surface area contributed by atoms with Crippen molar-refractivity contribution in [1.82, 2.24) is 5.32 Å². The van der Waals surface area contributed by atoms with E-state index in [1.165, 1.54) is 0 Å². The van der Waals surface area contributed by atoms with Crippen molar-refractivity contribution in [3.63, 3.8) is 0 Å². The number of carboxylic acids is 1. The van der Waals surface area contributed by atoms with Gasteiger partial charge in [-0.05, 0) is 31.6 Å². The number of carboxylic acid groups (broad SMARTS) is 1. The van der Waals surface area contributed by atoms with Crippen molar-refractivity contribution in [2.24, 2.45) is 5.41 Å². The van der Waals surface area contributed by atoms with Crippen molar-refractivity contribution in [3.05, 3.63) is 0 Å². The van der Waals surface area contributed by atoms with Gasteiger partial charge in [-0.25, -0.2) is 4.79 Å². The van der Waals surface area contributed by atoms with Crippen LogP contribution in [0.4, 0.5) is 0 Å². The van der Waals surface area contributed by atoms with Crippen molar-refractivity contribution in [1.29, 1.82) is 0 Å². The zero-order chi connectivity index (χ0) is 14.6. The molecule has 0 aromatic rings. The maximum absolute atomic E-state index is 11.8. The van der Waals surface area contributed by atoms with Crippen LogP contribution in [0.5, 0.6) is 0 Å². The Morgan fingerprint density at radius 3 is 2.42 bits per heavy atom. The lowest BCUT2D eigenvalue weighted by Gasteiger charge is -2.27. The summed E-state index contributed by atoms with van der Waals surface area (Å²) in [5.41, 5.74) is -0.500. The first-order valence-electron chi connectivity index (χ1n) is 6.87. The molecule has 1 fully saturated rings. The molecule has 3 atom stereocenters. The highest BCUT2D eigenvalue weighted by molar-refractivity contribution is 5.84. The molecular weight excluding hydrogens is 246 g/mol. The van der Waals surface area contributed by atoms with Crippen molar-refractivity contribution in [3.8, 4) is 0 Å². The Bertz CT molecular complexity index is 335. The minimum atomic E-state index is -0.994. The average molecular weight is 271 g/mol. The number of hydrogen-bond donors (Lipinski definition) is 2. The van der Waals surface area contributed by atoms with Gasteiger partial charge in [-0.1, -0.05) is 20.8 Å². The number of rotatable bonds is 5. The summed E-state index contributed by atoms with van der Waals surface area (Å²) in [4.78, 5) is 23.0. The quantitative estimate of drug-likeness (QED) is 0.801. The molecule has 1 aliphatic rings. The minimum absolute atomic E-state index is 0.138. The molecule has 0 aliphatic carbocycles. The van der Waals surface area contributed by atoms with E-state index in [2.05, 4.69) is 5.32 Å². The first kappa shape index (κ1) is 16.0. The lowest BCUT2D eigenvalue weighted by molar-refractivity contribution is -0.145. The number of amides is 1. The van der Waals surface area contributed by atoms with Crippen LogP contribution >= 0.6 is 0 Å². The molecule has 1 saturated heterocycles. The fraction of sp³-hybridized carbons (Fsp3) is 0.857. The lowest BCUT2D eigenvalue weighted by atomic mass is 9.86. The first-order chi connectivity index (χ1) is 8.70. The van der Waals surface area contributed by atoms with Crippen LogP contribution in [0.1, 0.15) is 53.4 Å². The van der Waals surface area contributed by atoms with Gasteiger partial charge < -0.3 is 15.2 Å². The molecule has 1 rings (SSSR count). The van der Waals surface area contributed by atoms with Gasteiger partial charge in [-0.2, -0.15) is 0 Å². The first-order valence-corrected chi connectivity index (χ1v) is 6.87. The number of hydrogen-bond acceptors (Lipinski definition) is 3. The summed E-state index contributed by atoms with van der Waals surface area (Å²) in [5, 5.41) is 11.7. The molecule has 110 valence electrons. The molecule has 5 heteroatoms. The predicted octanol–water partition coefficient (Wildman–Crippen LogP) is 1.95. The molecule has 0 spiro atoms. The smallest absolute Gasteiger partial charge is 0.326 e. The number of nitrogens with one attached hydrogen (secondary N) is 1. The average Bonchev–Trinajstić information content (AvgIpc) is 2.67. The third-order valence-electron chi connectivity index (χ3n) is 3.43. The number of aliphatic carboxylic acids is 1. The molecule has 1 heterocycles. The molecule has 0 saturated carbocycles. The van der Waals surface area contributed by atoms with Crippen LogP contribution in [0, 0.1) is 5.41 Å². The third-order valence-corrected chi connectivity index (χ3v) is 3.43. The molecule has 0 aromatic carbocycles. The fourth-order valence-corrected chi connectivity index (χ4v) is 2.27. The van der Waals surface area contributed by atoms with Crippen LogP contribution in [0.2, 0.25) is 0 Å². The highest BCUT2D eigenvalue weighted by atomic mass is 16.5. The Morgan fingerprint density at radius 2 is 2.00 bits per heavy atom. The van der Waals surface area contributed by atoms with Gasteiger partial charge in [0.15, 0.2) is 0 Å². The highest BCUT2D eigenvalue weighted by Gasteiger charge is 2.32. The second-order valence-electron chi connectivity index (χ2n) is 6.39. The van der Waals surface area contributed by atoms with E-state index in [9.17, 15) is 9.59 Å². The topological polar surface area (TPSA) is 75.6 Å². The monoisotopic (exact) mass is 271 g/mol. The summed E-state index contributed by atoms with van der Waals surface area (Å²) < 4.78 is 5.64. The second kappa shape index (κ2) is 6.37.